The number of halogens is 1. The van der Waals surface area contributed by atoms with Crippen molar-refractivity contribution in [1.29, 1.82) is 0 Å². The molecule has 2 aliphatic rings. The molecule has 2 atom stereocenters. The summed E-state index contributed by atoms with van der Waals surface area (Å²) in [6, 6.07) is 16.9. The van der Waals surface area contributed by atoms with Gasteiger partial charge in [0, 0.05) is 50.1 Å². The van der Waals surface area contributed by atoms with E-state index in [0.717, 1.165) is 18.5 Å². The Hall–Kier alpha value is -2.59. The van der Waals surface area contributed by atoms with Gasteiger partial charge in [0.25, 0.3) is 0 Å². The largest absolute Gasteiger partial charge is 0.340 e. The molecule has 1 amide bonds. The number of fused-ring (bicyclic) bond motifs is 1. The molecule has 190 valence electrons. The van der Waals surface area contributed by atoms with Crippen molar-refractivity contribution >= 4 is 27.3 Å². The van der Waals surface area contributed by atoms with E-state index in [1.54, 1.807) is 58.7 Å². The topological polar surface area (TPSA) is 60.9 Å². The number of hydrogen-bond donors (Lipinski definition) is 0. The number of benzene rings is 2. The summed E-state index contributed by atoms with van der Waals surface area (Å²) < 4.78 is 41.7. The van der Waals surface area contributed by atoms with Crippen molar-refractivity contribution in [3.63, 3.8) is 0 Å². The SMILES string of the molecule is C[C@H]1CN(C(=O)CCN2CCc3sccc3[C@H]2c2cccc(F)c2)CCN1S(=O)(=O)c1ccccc1. The Morgan fingerprint density at radius 1 is 1.06 bits per heavy atom. The fourth-order valence-electron chi connectivity index (χ4n) is 5.33. The monoisotopic (exact) mass is 527 g/mol. The van der Waals surface area contributed by atoms with Gasteiger partial charge in [-0.1, -0.05) is 30.3 Å². The smallest absolute Gasteiger partial charge is 0.243 e. The molecule has 0 aliphatic carbocycles. The molecule has 3 heterocycles. The molecule has 3 aromatic rings. The maximum absolute atomic E-state index is 14.0. The van der Waals surface area contributed by atoms with Crippen molar-refractivity contribution in [3.8, 4) is 0 Å². The first-order valence-corrected chi connectivity index (χ1v) is 14.6. The number of carbonyl (C=O) groups excluding carboxylic acids is 1. The zero-order valence-corrected chi connectivity index (χ0v) is 21.8. The van der Waals surface area contributed by atoms with Crippen LogP contribution < -0.4 is 0 Å². The summed E-state index contributed by atoms with van der Waals surface area (Å²) in [5, 5.41) is 2.08. The van der Waals surface area contributed by atoms with Crippen LogP contribution in [-0.2, 0) is 21.2 Å². The second-order valence-corrected chi connectivity index (χ2v) is 12.3. The molecule has 2 aliphatic heterocycles. The van der Waals surface area contributed by atoms with Crippen molar-refractivity contribution in [1.82, 2.24) is 14.1 Å². The molecular formula is C27H30FN3O3S2. The van der Waals surface area contributed by atoms with Gasteiger partial charge >= 0.3 is 0 Å². The second-order valence-electron chi connectivity index (χ2n) is 9.41. The number of carbonyl (C=O) groups is 1. The predicted octanol–water partition coefficient (Wildman–Crippen LogP) is 4.15. The van der Waals surface area contributed by atoms with Gasteiger partial charge in [-0.05, 0) is 60.2 Å². The van der Waals surface area contributed by atoms with Crippen LogP contribution in [0.1, 0.15) is 35.4 Å². The van der Waals surface area contributed by atoms with E-state index < -0.39 is 10.0 Å². The molecule has 1 aromatic heterocycles. The number of piperazine rings is 1. The first kappa shape index (κ1) is 25.1. The van der Waals surface area contributed by atoms with E-state index in [-0.39, 0.29) is 35.2 Å². The van der Waals surface area contributed by atoms with Gasteiger partial charge in [-0.25, -0.2) is 12.8 Å². The van der Waals surface area contributed by atoms with E-state index in [1.807, 2.05) is 13.0 Å². The Labute approximate surface area is 216 Å². The Balaban J connectivity index is 1.24. The number of hydrogen-bond acceptors (Lipinski definition) is 5. The zero-order chi connectivity index (χ0) is 25.3. The predicted molar refractivity (Wildman–Crippen MR) is 139 cm³/mol. The quantitative estimate of drug-likeness (QED) is 0.483. The number of thiophene rings is 1. The highest BCUT2D eigenvalue weighted by Gasteiger charge is 2.36. The van der Waals surface area contributed by atoms with Crippen LogP contribution >= 0.6 is 11.3 Å². The maximum Gasteiger partial charge on any atom is 0.243 e. The van der Waals surface area contributed by atoms with Gasteiger partial charge in [0.15, 0.2) is 0 Å². The number of rotatable bonds is 6. The van der Waals surface area contributed by atoms with Crippen molar-refractivity contribution in [3.05, 3.63) is 87.9 Å². The lowest BCUT2D eigenvalue weighted by atomic mass is 9.93. The van der Waals surface area contributed by atoms with Crippen molar-refractivity contribution in [2.45, 2.75) is 36.7 Å². The van der Waals surface area contributed by atoms with Gasteiger partial charge < -0.3 is 4.90 Å². The minimum Gasteiger partial charge on any atom is -0.340 e. The lowest BCUT2D eigenvalue weighted by Crippen LogP contribution is -2.55. The summed E-state index contributed by atoms with van der Waals surface area (Å²) >= 11 is 1.73. The van der Waals surface area contributed by atoms with E-state index in [2.05, 4.69) is 16.3 Å². The molecule has 0 unspecified atom stereocenters. The summed E-state index contributed by atoms with van der Waals surface area (Å²) in [5.41, 5.74) is 2.09. The molecule has 0 bridgehead atoms. The van der Waals surface area contributed by atoms with Crippen LogP contribution in [0.15, 0.2) is 70.9 Å². The highest BCUT2D eigenvalue weighted by atomic mass is 32.2. The van der Waals surface area contributed by atoms with Crippen LogP contribution in [-0.4, -0.2) is 67.2 Å². The van der Waals surface area contributed by atoms with Crippen LogP contribution in [0.25, 0.3) is 0 Å². The third kappa shape index (κ3) is 4.98. The minimum absolute atomic E-state index is 0.0210. The normalized spacial score (nSPS) is 21.3. The van der Waals surface area contributed by atoms with Gasteiger partial charge in [-0.2, -0.15) is 4.31 Å². The van der Waals surface area contributed by atoms with E-state index in [0.29, 0.717) is 26.1 Å². The highest BCUT2D eigenvalue weighted by Crippen LogP contribution is 2.38. The standard InChI is InChI=1S/C27H30FN3O3S2/c1-20-19-30(15-16-31(20)36(33,34)23-8-3-2-4-9-23)26(32)11-14-29-13-10-25-24(12-17-35-25)27(29)21-6-5-7-22(28)18-21/h2-9,12,17-18,20,27H,10-11,13-16,19H2,1H3/t20-,27+/m0/s1. The highest BCUT2D eigenvalue weighted by molar-refractivity contribution is 7.89. The molecule has 6 nitrogen and oxygen atoms in total. The fraction of sp³-hybridized carbons (Fsp3) is 0.370. The summed E-state index contributed by atoms with van der Waals surface area (Å²) in [6.45, 7) is 4.23. The molecule has 36 heavy (non-hydrogen) atoms. The van der Waals surface area contributed by atoms with E-state index >= 15 is 0 Å². The van der Waals surface area contributed by atoms with Crippen LogP contribution in [0.3, 0.4) is 0 Å². The number of nitrogens with zero attached hydrogens (tertiary/aromatic N) is 3. The Morgan fingerprint density at radius 3 is 2.61 bits per heavy atom. The van der Waals surface area contributed by atoms with Crippen LogP contribution in [0.5, 0.6) is 0 Å². The van der Waals surface area contributed by atoms with Gasteiger partial charge in [0.05, 0.1) is 10.9 Å². The fourth-order valence-corrected chi connectivity index (χ4v) is 7.86. The number of sulfonamides is 1. The molecule has 0 spiro atoms. The van der Waals surface area contributed by atoms with Crippen LogP contribution in [0.4, 0.5) is 4.39 Å². The molecule has 0 saturated carbocycles. The van der Waals surface area contributed by atoms with Gasteiger partial charge in [0.1, 0.15) is 5.82 Å². The molecular weight excluding hydrogens is 497 g/mol. The zero-order valence-electron chi connectivity index (χ0n) is 20.2. The molecule has 1 saturated heterocycles. The molecule has 5 rings (SSSR count). The van der Waals surface area contributed by atoms with Crippen LogP contribution in [0, 0.1) is 5.82 Å². The van der Waals surface area contributed by atoms with Crippen molar-refractivity contribution in [2.75, 3.05) is 32.7 Å². The average molecular weight is 528 g/mol. The Bertz CT molecular complexity index is 1330. The average Bonchev–Trinajstić information content (AvgIpc) is 3.36. The summed E-state index contributed by atoms with van der Waals surface area (Å²) in [5.74, 6) is -0.240. The maximum atomic E-state index is 14.0. The van der Waals surface area contributed by atoms with E-state index in [4.69, 9.17) is 0 Å². The summed E-state index contributed by atoms with van der Waals surface area (Å²) in [6.07, 6.45) is 1.25. The van der Waals surface area contributed by atoms with E-state index in [1.165, 1.54) is 20.8 Å². The summed E-state index contributed by atoms with van der Waals surface area (Å²) in [4.78, 5) is 18.8. The number of amides is 1. The third-order valence-corrected chi connectivity index (χ3v) is 10.1. The van der Waals surface area contributed by atoms with Gasteiger partial charge in [0.2, 0.25) is 15.9 Å². The Kier molecular flexibility index (Phi) is 7.25. The van der Waals surface area contributed by atoms with E-state index in [9.17, 15) is 17.6 Å². The second kappa shape index (κ2) is 10.4. The first-order valence-electron chi connectivity index (χ1n) is 12.2. The minimum atomic E-state index is -3.60. The molecule has 0 radical (unpaired) electrons. The molecule has 2 aromatic carbocycles. The third-order valence-electron chi connectivity index (χ3n) is 7.11. The van der Waals surface area contributed by atoms with Gasteiger partial charge in [-0.15, -0.1) is 11.3 Å². The van der Waals surface area contributed by atoms with Crippen molar-refractivity contribution in [2.24, 2.45) is 0 Å². The van der Waals surface area contributed by atoms with Crippen molar-refractivity contribution < 1.29 is 17.6 Å². The lowest BCUT2D eigenvalue weighted by Gasteiger charge is -2.40. The summed E-state index contributed by atoms with van der Waals surface area (Å²) in [7, 11) is -3.60. The molecule has 9 heteroatoms. The van der Waals surface area contributed by atoms with Gasteiger partial charge in [-0.3, -0.25) is 9.69 Å². The van der Waals surface area contributed by atoms with Crippen LogP contribution in [0.2, 0.25) is 0 Å². The molecule has 1 fully saturated rings. The lowest BCUT2D eigenvalue weighted by molar-refractivity contribution is -0.133. The Morgan fingerprint density at radius 2 is 1.86 bits per heavy atom. The first-order chi connectivity index (χ1) is 17.3. The molecule has 0 N–H and O–H groups in total.